The summed E-state index contributed by atoms with van der Waals surface area (Å²) in [6.07, 6.45) is -10.4. The molecule has 0 aliphatic carbocycles. The van der Waals surface area contributed by atoms with Crippen LogP contribution in [0.15, 0.2) is 41.9 Å². The molecule has 1 aromatic carbocycles. The Bertz CT molecular complexity index is 1240. The Morgan fingerprint density at radius 3 is 2.34 bits per heavy atom. The number of benzene rings is 1. The van der Waals surface area contributed by atoms with Crippen molar-refractivity contribution in [1.82, 2.24) is 4.57 Å². The number of aryl methyl sites for hydroxylation is 1. The van der Waals surface area contributed by atoms with Crippen molar-refractivity contribution in [2.75, 3.05) is 11.9 Å². The molecule has 0 saturated heterocycles. The number of sulfonamides is 1. The van der Waals surface area contributed by atoms with E-state index in [0.717, 1.165) is 23.9 Å². The third-order valence-corrected chi connectivity index (χ3v) is 5.62. The van der Waals surface area contributed by atoms with Crippen LogP contribution in [0.1, 0.15) is 22.5 Å². The van der Waals surface area contributed by atoms with E-state index in [4.69, 9.17) is 9.88 Å². The van der Waals surface area contributed by atoms with Gasteiger partial charge in [-0.05, 0) is 18.2 Å². The van der Waals surface area contributed by atoms with Gasteiger partial charge in [0.2, 0.25) is 10.0 Å². The van der Waals surface area contributed by atoms with Crippen molar-refractivity contribution in [3.63, 3.8) is 0 Å². The predicted octanol–water partition coefficient (Wildman–Crippen LogP) is 3.33. The smallest absolute Gasteiger partial charge is 0.420 e. The van der Waals surface area contributed by atoms with Crippen LogP contribution in [0, 0.1) is 5.82 Å². The molecule has 0 spiro atoms. The van der Waals surface area contributed by atoms with Crippen LogP contribution < -0.4 is 15.2 Å². The predicted molar refractivity (Wildman–Crippen MR) is 107 cm³/mol. The van der Waals surface area contributed by atoms with Gasteiger partial charge in [-0.25, -0.2) is 17.9 Å². The second kappa shape index (κ2) is 9.50. The average Bonchev–Trinajstić information content (AvgIpc) is 3.04. The molecular weight excluding hydrogens is 515 g/mol. The van der Waals surface area contributed by atoms with Crippen molar-refractivity contribution in [3.05, 3.63) is 54.1 Å². The largest absolute Gasteiger partial charge is 0.490 e. The number of anilines is 1. The lowest BCUT2D eigenvalue weighted by molar-refractivity contribution is -0.243. The highest BCUT2D eigenvalue weighted by atomic mass is 32.2. The standard InChI is InChI=1S/C19H18F7N3O5S/c1-3-17(31,19(24,25)26)6-7-34-15-13(35(27,32)33)9-29(2)14(15)16(30)28-10-4-5-12(20)11(8-10)18(21,22)23/h3-5,8-9,31H,1,6-7H2,2H3,(H,28,30)(H2,27,32,33)/t17-/m0/s1. The number of hydrogen-bond donors (Lipinski definition) is 3. The first kappa shape index (κ1) is 28.1. The van der Waals surface area contributed by atoms with Gasteiger partial charge in [0, 0.05) is 25.4 Å². The van der Waals surface area contributed by atoms with Crippen LogP contribution in [0.4, 0.5) is 36.4 Å². The van der Waals surface area contributed by atoms with Gasteiger partial charge in [-0.2, -0.15) is 26.3 Å². The molecule has 2 aromatic rings. The van der Waals surface area contributed by atoms with E-state index in [-0.39, 0.29) is 12.1 Å². The van der Waals surface area contributed by atoms with Gasteiger partial charge in [0.25, 0.3) is 5.91 Å². The highest BCUT2D eigenvalue weighted by Gasteiger charge is 2.51. The van der Waals surface area contributed by atoms with Crippen LogP contribution in [0.3, 0.4) is 0 Å². The Morgan fingerprint density at radius 2 is 1.86 bits per heavy atom. The molecule has 35 heavy (non-hydrogen) atoms. The van der Waals surface area contributed by atoms with E-state index in [1.165, 1.54) is 0 Å². The number of rotatable bonds is 8. The highest BCUT2D eigenvalue weighted by molar-refractivity contribution is 7.89. The number of nitrogens with two attached hydrogens (primary N) is 1. The second-order valence-electron chi connectivity index (χ2n) is 7.20. The van der Waals surface area contributed by atoms with Crippen LogP contribution in [-0.2, 0) is 23.2 Å². The number of hydrogen-bond acceptors (Lipinski definition) is 5. The number of alkyl halides is 6. The zero-order chi connectivity index (χ0) is 27.0. The number of carbonyl (C=O) groups excluding carboxylic acids is 1. The van der Waals surface area contributed by atoms with Gasteiger partial charge in [0.15, 0.2) is 17.0 Å². The maximum absolute atomic E-state index is 13.5. The number of ether oxygens (including phenoxy) is 1. The first-order valence-electron chi connectivity index (χ1n) is 9.27. The quantitative estimate of drug-likeness (QED) is 0.355. The number of amides is 1. The Morgan fingerprint density at radius 1 is 1.26 bits per heavy atom. The minimum Gasteiger partial charge on any atom is -0.490 e. The van der Waals surface area contributed by atoms with E-state index in [0.29, 0.717) is 6.07 Å². The maximum Gasteiger partial charge on any atom is 0.420 e. The molecule has 0 saturated carbocycles. The van der Waals surface area contributed by atoms with Crippen molar-refractivity contribution in [2.45, 2.75) is 29.3 Å². The monoisotopic (exact) mass is 533 g/mol. The number of halogens is 7. The molecule has 1 atom stereocenters. The fraction of sp³-hybridized carbons (Fsp3) is 0.316. The summed E-state index contributed by atoms with van der Waals surface area (Å²) in [5.74, 6) is -3.69. The van der Waals surface area contributed by atoms with E-state index < -0.39 is 80.3 Å². The second-order valence-corrected chi connectivity index (χ2v) is 8.73. The van der Waals surface area contributed by atoms with E-state index in [1.54, 1.807) is 0 Å². The number of primary sulfonamides is 1. The summed E-state index contributed by atoms with van der Waals surface area (Å²) < 4.78 is 121. The number of aliphatic hydroxyl groups is 1. The van der Waals surface area contributed by atoms with Gasteiger partial charge in [0.1, 0.15) is 10.7 Å². The molecular formula is C19H18F7N3O5S. The summed E-state index contributed by atoms with van der Waals surface area (Å²) in [5.41, 5.74) is -6.29. The summed E-state index contributed by atoms with van der Waals surface area (Å²) in [6, 6.07) is 1.51. The molecule has 0 bridgehead atoms. The fourth-order valence-electron chi connectivity index (χ4n) is 2.86. The van der Waals surface area contributed by atoms with Crippen LogP contribution >= 0.6 is 0 Å². The van der Waals surface area contributed by atoms with Crippen LogP contribution in [0.2, 0.25) is 0 Å². The number of aromatic nitrogens is 1. The molecule has 0 fully saturated rings. The third kappa shape index (κ3) is 6.12. The van der Waals surface area contributed by atoms with Crippen molar-refractivity contribution < 1.29 is 53.8 Å². The molecule has 2 rings (SSSR count). The number of nitrogens with one attached hydrogen (secondary N) is 1. The minimum atomic E-state index is -5.16. The number of carbonyl (C=O) groups is 1. The molecule has 4 N–H and O–H groups in total. The number of nitrogens with zero attached hydrogens (tertiary/aromatic N) is 1. The topological polar surface area (TPSA) is 124 Å². The van der Waals surface area contributed by atoms with Gasteiger partial charge in [-0.15, -0.1) is 0 Å². The lowest BCUT2D eigenvalue weighted by Gasteiger charge is -2.27. The first-order chi connectivity index (χ1) is 15.8. The van der Waals surface area contributed by atoms with Gasteiger partial charge in [-0.3, -0.25) is 4.79 Å². The molecule has 1 amide bonds. The molecule has 16 heteroatoms. The third-order valence-electron chi connectivity index (χ3n) is 4.71. The zero-order valence-corrected chi connectivity index (χ0v) is 18.5. The van der Waals surface area contributed by atoms with Crippen molar-refractivity contribution in [1.29, 1.82) is 0 Å². The highest BCUT2D eigenvalue weighted by Crippen LogP contribution is 2.36. The van der Waals surface area contributed by atoms with Gasteiger partial charge in [-0.1, -0.05) is 12.7 Å². The molecule has 1 heterocycles. The van der Waals surface area contributed by atoms with Crippen LogP contribution in [-0.4, -0.2) is 42.4 Å². The van der Waals surface area contributed by atoms with E-state index >= 15 is 0 Å². The average molecular weight is 533 g/mol. The summed E-state index contributed by atoms with van der Waals surface area (Å²) in [5, 5.41) is 16.7. The van der Waals surface area contributed by atoms with E-state index in [1.807, 2.05) is 5.32 Å². The molecule has 0 aliphatic rings. The fourth-order valence-corrected chi connectivity index (χ4v) is 3.58. The van der Waals surface area contributed by atoms with E-state index in [2.05, 4.69) is 6.58 Å². The molecule has 0 aliphatic heterocycles. The first-order valence-corrected chi connectivity index (χ1v) is 10.8. The SMILES string of the molecule is C=C[C@](O)(CCOc1c(S(N)(=O)=O)cn(C)c1C(=O)Nc1ccc(F)c(C(F)(F)F)c1)C(F)(F)F. The summed E-state index contributed by atoms with van der Waals surface area (Å²) in [7, 11) is -3.48. The molecule has 194 valence electrons. The molecule has 0 radical (unpaired) electrons. The minimum absolute atomic E-state index is 0.197. The van der Waals surface area contributed by atoms with Crippen LogP contribution in [0.5, 0.6) is 5.75 Å². The van der Waals surface area contributed by atoms with Crippen LogP contribution in [0.25, 0.3) is 0 Å². The van der Waals surface area contributed by atoms with Crippen molar-refractivity contribution in [2.24, 2.45) is 12.2 Å². The van der Waals surface area contributed by atoms with Gasteiger partial charge in [0.05, 0.1) is 12.2 Å². The summed E-state index contributed by atoms with van der Waals surface area (Å²) >= 11 is 0. The molecule has 0 unspecified atom stereocenters. The molecule has 8 nitrogen and oxygen atoms in total. The van der Waals surface area contributed by atoms with E-state index in [9.17, 15) is 49.1 Å². The lowest BCUT2D eigenvalue weighted by atomic mass is 10.00. The summed E-state index contributed by atoms with van der Waals surface area (Å²) in [6.45, 7) is 1.91. The van der Waals surface area contributed by atoms with Crippen molar-refractivity contribution in [3.8, 4) is 5.75 Å². The normalized spacial score (nSPS) is 14.3. The zero-order valence-electron chi connectivity index (χ0n) is 17.7. The Labute approximate surface area is 193 Å². The van der Waals surface area contributed by atoms with Crippen molar-refractivity contribution >= 4 is 21.6 Å². The summed E-state index contributed by atoms with van der Waals surface area (Å²) in [4.78, 5) is 11.9. The molecule has 1 aromatic heterocycles. The van der Waals surface area contributed by atoms with Gasteiger partial charge < -0.3 is 19.7 Å². The Hall–Kier alpha value is -3.11. The Kier molecular flexibility index (Phi) is 7.64. The lowest BCUT2D eigenvalue weighted by Crippen LogP contribution is -2.44. The maximum atomic E-state index is 13.5. The van der Waals surface area contributed by atoms with Gasteiger partial charge >= 0.3 is 12.4 Å². The Balaban J connectivity index is 2.44.